The predicted octanol–water partition coefficient (Wildman–Crippen LogP) is 1.15. The zero-order valence-corrected chi connectivity index (χ0v) is 6.72. The molecule has 0 saturated heterocycles. The third-order valence-electron chi connectivity index (χ3n) is 1.52. The van der Waals surface area contributed by atoms with Crippen molar-refractivity contribution < 1.29 is 8.78 Å². The van der Waals surface area contributed by atoms with Crippen molar-refractivity contribution in [2.75, 3.05) is 0 Å². The number of aromatic amines is 1. The van der Waals surface area contributed by atoms with E-state index in [0.29, 0.717) is 12.4 Å². The highest BCUT2D eigenvalue weighted by Crippen LogP contribution is 2.00. The molecule has 0 saturated carbocycles. The Morgan fingerprint density at radius 2 is 2.42 bits per heavy atom. The molecule has 0 fully saturated rings. The second-order valence-corrected chi connectivity index (χ2v) is 2.54. The maximum absolute atomic E-state index is 12.0. The van der Waals surface area contributed by atoms with Crippen LogP contribution in [-0.2, 0) is 6.54 Å². The maximum Gasteiger partial charge on any atom is 0.253 e. The second-order valence-electron chi connectivity index (χ2n) is 2.54. The minimum Gasteiger partial charge on any atom is -0.348 e. The Labute approximate surface area is 69.2 Å². The fourth-order valence-corrected chi connectivity index (χ4v) is 0.741. The lowest BCUT2D eigenvalue weighted by atomic mass is 10.3. The van der Waals surface area contributed by atoms with E-state index < -0.39 is 12.5 Å². The first kappa shape index (κ1) is 9.12. The minimum absolute atomic E-state index is 0.346. The van der Waals surface area contributed by atoms with Gasteiger partial charge in [0.05, 0.1) is 12.6 Å². The van der Waals surface area contributed by atoms with Crippen molar-refractivity contribution >= 4 is 0 Å². The maximum atomic E-state index is 12.0. The molecule has 5 heteroatoms. The Morgan fingerprint density at radius 1 is 1.67 bits per heavy atom. The Kier molecular flexibility index (Phi) is 3.16. The van der Waals surface area contributed by atoms with Gasteiger partial charge in [-0.1, -0.05) is 0 Å². The fraction of sp³-hybridized carbons (Fsp3) is 0.571. The van der Waals surface area contributed by atoms with E-state index in [4.69, 9.17) is 0 Å². The van der Waals surface area contributed by atoms with Crippen LogP contribution in [0.25, 0.3) is 0 Å². The Bertz CT molecular complexity index is 210. The van der Waals surface area contributed by atoms with Crippen LogP contribution in [0.2, 0.25) is 0 Å². The summed E-state index contributed by atoms with van der Waals surface area (Å²) in [6, 6.07) is -0.796. The highest BCUT2D eigenvalue weighted by molar-refractivity contribution is 4.86. The van der Waals surface area contributed by atoms with Crippen molar-refractivity contribution in [2.45, 2.75) is 25.9 Å². The van der Waals surface area contributed by atoms with Gasteiger partial charge in [0, 0.05) is 12.4 Å². The lowest BCUT2D eigenvalue weighted by molar-refractivity contribution is 0.105. The van der Waals surface area contributed by atoms with Crippen molar-refractivity contribution in [3.63, 3.8) is 0 Å². The number of hydrogen-bond acceptors (Lipinski definition) is 2. The smallest absolute Gasteiger partial charge is 0.253 e. The number of imidazole rings is 1. The van der Waals surface area contributed by atoms with Crippen LogP contribution >= 0.6 is 0 Å². The summed E-state index contributed by atoms with van der Waals surface area (Å²) in [4.78, 5) is 6.70. The lowest BCUT2D eigenvalue weighted by Crippen LogP contribution is -2.32. The molecular weight excluding hydrogens is 164 g/mol. The molecule has 0 aliphatic rings. The highest BCUT2D eigenvalue weighted by atomic mass is 19.3. The minimum atomic E-state index is -2.33. The first-order valence-corrected chi connectivity index (χ1v) is 3.70. The van der Waals surface area contributed by atoms with E-state index in [2.05, 4.69) is 15.3 Å². The van der Waals surface area contributed by atoms with E-state index in [0.717, 1.165) is 0 Å². The van der Waals surface area contributed by atoms with Gasteiger partial charge in [-0.15, -0.1) is 0 Å². The number of aromatic nitrogens is 2. The molecule has 0 aliphatic heterocycles. The predicted molar refractivity (Wildman–Crippen MR) is 40.9 cm³/mol. The van der Waals surface area contributed by atoms with Crippen LogP contribution in [0.5, 0.6) is 0 Å². The summed E-state index contributed by atoms with van der Waals surface area (Å²) >= 11 is 0. The van der Waals surface area contributed by atoms with Gasteiger partial charge in [0.1, 0.15) is 5.82 Å². The van der Waals surface area contributed by atoms with Gasteiger partial charge in [-0.05, 0) is 6.92 Å². The van der Waals surface area contributed by atoms with E-state index in [1.165, 1.54) is 6.92 Å². The molecule has 1 aromatic rings. The average Bonchev–Trinajstić information content (AvgIpc) is 2.51. The Morgan fingerprint density at radius 3 is 2.92 bits per heavy atom. The average molecular weight is 175 g/mol. The molecule has 2 N–H and O–H groups in total. The fourth-order valence-electron chi connectivity index (χ4n) is 0.741. The quantitative estimate of drug-likeness (QED) is 0.720. The van der Waals surface area contributed by atoms with Crippen LogP contribution in [0.1, 0.15) is 12.7 Å². The molecule has 3 nitrogen and oxygen atoms in total. The van der Waals surface area contributed by atoms with Crippen molar-refractivity contribution in [3.8, 4) is 0 Å². The van der Waals surface area contributed by atoms with Gasteiger partial charge in [-0.3, -0.25) is 0 Å². The number of hydrogen-bond donors (Lipinski definition) is 2. The van der Waals surface area contributed by atoms with E-state index in [1.54, 1.807) is 12.4 Å². The largest absolute Gasteiger partial charge is 0.348 e. The topological polar surface area (TPSA) is 40.7 Å². The first-order valence-electron chi connectivity index (χ1n) is 3.70. The molecule has 0 bridgehead atoms. The molecule has 1 rings (SSSR count). The number of alkyl halides is 2. The molecule has 1 unspecified atom stereocenters. The highest BCUT2D eigenvalue weighted by Gasteiger charge is 2.13. The van der Waals surface area contributed by atoms with Crippen molar-refractivity contribution in [2.24, 2.45) is 0 Å². The summed E-state index contributed by atoms with van der Waals surface area (Å²) in [5.41, 5.74) is 0. The zero-order chi connectivity index (χ0) is 8.97. The summed E-state index contributed by atoms with van der Waals surface area (Å²) in [6.45, 7) is 1.78. The monoisotopic (exact) mass is 175 g/mol. The number of H-pyrrole nitrogens is 1. The van der Waals surface area contributed by atoms with Crippen molar-refractivity contribution in [1.29, 1.82) is 0 Å². The molecule has 0 aliphatic carbocycles. The van der Waals surface area contributed by atoms with Crippen LogP contribution in [0, 0.1) is 0 Å². The summed E-state index contributed by atoms with van der Waals surface area (Å²) in [5, 5.41) is 2.64. The molecule has 0 aromatic carbocycles. The molecule has 0 radical (unpaired) electrons. The van der Waals surface area contributed by atoms with Crippen LogP contribution < -0.4 is 5.32 Å². The van der Waals surface area contributed by atoms with Gasteiger partial charge in [0.25, 0.3) is 6.43 Å². The molecule has 0 spiro atoms. The standard InChI is InChI=1S/C7H11F2N3/c1-5(7(8)9)12-4-6-10-2-3-11-6/h2-3,5,7,12H,4H2,1H3,(H,10,11). The second kappa shape index (κ2) is 4.15. The molecule has 68 valence electrons. The van der Waals surface area contributed by atoms with Crippen LogP contribution in [0.4, 0.5) is 8.78 Å². The van der Waals surface area contributed by atoms with Crippen molar-refractivity contribution in [3.05, 3.63) is 18.2 Å². The molecule has 0 amide bonds. The first-order chi connectivity index (χ1) is 5.70. The third kappa shape index (κ3) is 2.58. The van der Waals surface area contributed by atoms with Gasteiger partial charge in [0.2, 0.25) is 0 Å². The summed E-state index contributed by atoms with van der Waals surface area (Å²) < 4.78 is 23.9. The van der Waals surface area contributed by atoms with Gasteiger partial charge >= 0.3 is 0 Å². The van der Waals surface area contributed by atoms with E-state index in [-0.39, 0.29) is 0 Å². The molecule has 1 atom stereocenters. The number of halogens is 2. The number of nitrogens with zero attached hydrogens (tertiary/aromatic N) is 1. The summed E-state index contributed by atoms with van der Waals surface area (Å²) in [6.07, 6.45) is 0.911. The molecule has 1 aromatic heterocycles. The summed E-state index contributed by atoms with van der Waals surface area (Å²) in [7, 11) is 0. The van der Waals surface area contributed by atoms with E-state index in [1.807, 2.05) is 0 Å². The molecular formula is C7H11F2N3. The van der Waals surface area contributed by atoms with Crippen molar-refractivity contribution in [1.82, 2.24) is 15.3 Å². The van der Waals surface area contributed by atoms with Crippen LogP contribution in [0.15, 0.2) is 12.4 Å². The number of nitrogens with one attached hydrogen (secondary N) is 2. The van der Waals surface area contributed by atoms with Gasteiger partial charge < -0.3 is 10.3 Å². The Hall–Kier alpha value is -0.970. The SMILES string of the molecule is CC(NCc1ncc[nH]1)C(F)F. The normalized spacial score (nSPS) is 13.7. The summed E-state index contributed by atoms with van der Waals surface area (Å²) in [5.74, 6) is 0.669. The molecule has 1 heterocycles. The van der Waals surface area contributed by atoms with Gasteiger partial charge in [-0.2, -0.15) is 0 Å². The van der Waals surface area contributed by atoms with E-state index in [9.17, 15) is 8.78 Å². The molecule has 12 heavy (non-hydrogen) atoms. The van der Waals surface area contributed by atoms with E-state index >= 15 is 0 Å². The Balaban J connectivity index is 2.27. The van der Waals surface area contributed by atoms with Gasteiger partial charge in [-0.25, -0.2) is 13.8 Å². The lowest BCUT2D eigenvalue weighted by Gasteiger charge is -2.10. The third-order valence-corrected chi connectivity index (χ3v) is 1.52. The number of rotatable bonds is 4. The van der Waals surface area contributed by atoms with Gasteiger partial charge in [0.15, 0.2) is 0 Å². The van der Waals surface area contributed by atoms with Crippen LogP contribution in [-0.4, -0.2) is 22.4 Å². The van der Waals surface area contributed by atoms with Crippen LogP contribution in [0.3, 0.4) is 0 Å². The zero-order valence-electron chi connectivity index (χ0n) is 6.72.